The predicted octanol–water partition coefficient (Wildman–Crippen LogP) is 3.94. The average Bonchev–Trinajstić information content (AvgIpc) is 2.53. The number of hydrogen-bond donors (Lipinski definition) is 1. The van der Waals surface area contributed by atoms with Crippen LogP contribution in [-0.2, 0) is 22.7 Å². The second-order valence-electron chi connectivity index (χ2n) is 4.84. The molecule has 0 atom stereocenters. The molecule has 0 spiro atoms. The third-order valence-electron chi connectivity index (χ3n) is 3.15. The zero-order valence-electron chi connectivity index (χ0n) is 12.6. The summed E-state index contributed by atoms with van der Waals surface area (Å²) in [5.74, 6) is 0.265. The van der Waals surface area contributed by atoms with Crippen molar-refractivity contribution < 1.29 is 14.3 Å². The molecule has 23 heavy (non-hydrogen) atoms. The van der Waals surface area contributed by atoms with Gasteiger partial charge in [-0.2, -0.15) is 0 Å². The Morgan fingerprint density at radius 2 is 1.96 bits per heavy atom. The number of rotatable bonds is 7. The minimum atomic E-state index is -0.212. The molecule has 0 aliphatic heterocycles. The van der Waals surface area contributed by atoms with Crippen molar-refractivity contribution in [3.05, 3.63) is 63.1 Å². The zero-order chi connectivity index (χ0) is 16.7. The van der Waals surface area contributed by atoms with Crippen molar-refractivity contribution >= 4 is 33.4 Å². The van der Waals surface area contributed by atoms with Gasteiger partial charge in [-0.25, -0.2) is 0 Å². The highest BCUT2D eigenvalue weighted by molar-refractivity contribution is 9.10. The van der Waals surface area contributed by atoms with E-state index in [0.717, 1.165) is 15.6 Å². The van der Waals surface area contributed by atoms with Crippen LogP contribution in [0.2, 0.25) is 5.02 Å². The van der Waals surface area contributed by atoms with E-state index in [9.17, 15) is 4.79 Å². The average molecular weight is 399 g/mol. The van der Waals surface area contributed by atoms with Gasteiger partial charge < -0.3 is 14.8 Å². The summed E-state index contributed by atoms with van der Waals surface area (Å²) in [5, 5.41) is 3.28. The third-order valence-corrected chi connectivity index (χ3v) is 3.94. The lowest BCUT2D eigenvalue weighted by Gasteiger charge is -2.11. The van der Waals surface area contributed by atoms with Gasteiger partial charge in [-0.1, -0.05) is 51.8 Å². The molecule has 0 unspecified atom stereocenters. The molecule has 0 radical (unpaired) electrons. The summed E-state index contributed by atoms with van der Waals surface area (Å²) >= 11 is 9.36. The quantitative estimate of drug-likeness (QED) is 0.768. The molecule has 1 N–H and O–H groups in total. The van der Waals surface area contributed by atoms with Gasteiger partial charge in [0, 0.05) is 18.1 Å². The van der Waals surface area contributed by atoms with Crippen LogP contribution < -0.4 is 10.1 Å². The normalized spacial score (nSPS) is 10.4. The van der Waals surface area contributed by atoms with Crippen molar-refractivity contribution in [1.29, 1.82) is 0 Å². The maximum atomic E-state index is 11.9. The maximum Gasteiger partial charge on any atom is 0.258 e. The molecule has 4 nitrogen and oxygen atoms in total. The molecule has 2 rings (SSSR count). The van der Waals surface area contributed by atoms with Gasteiger partial charge in [-0.3, -0.25) is 4.79 Å². The van der Waals surface area contributed by atoms with Gasteiger partial charge in [0.1, 0.15) is 5.75 Å². The van der Waals surface area contributed by atoms with Gasteiger partial charge in [-0.15, -0.1) is 0 Å². The standard InChI is InChI=1S/C17H17BrClNO3/c1-22-10-13-5-3-2-4-12(13)9-20-17(21)11-23-16-7-6-14(18)8-15(16)19/h2-8H,9-11H2,1H3,(H,20,21). The van der Waals surface area contributed by atoms with Crippen LogP contribution in [0.1, 0.15) is 11.1 Å². The SMILES string of the molecule is COCc1ccccc1CNC(=O)COc1ccc(Br)cc1Cl. The van der Waals surface area contributed by atoms with Gasteiger partial charge in [-0.05, 0) is 29.3 Å². The fraction of sp³-hybridized carbons (Fsp3) is 0.235. The summed E-state index contributed by atoms with van der Waals surface area (Å²) < 4.78 is 11.4. The molecule has 0 saturated heterocycles. The highest BCUT2D eigenvalue weighted by Crippen LogP contribution is 2.27. The number of carbonyl (C=O) groups excluding carboxylic acids is 1. The van der Waals surface area contributed by atoms with E-state index in [1.54, 1.807) is 25.3 Å². The van der Waals surface area contributed by atoms with E-state index in [1.807, 2.05) is 24.3 Å². The van der Waals surface area contributed by atoms with Crippen molar-refractivity contribution in [3.63, 3.8) is 0 Å². The van der Waals surface area contributed by atoms with Crippen LogP contribution in [0.25, 0.3) is 0 Å². The monoisotopic (exact) mass is 397 g/mol. The number of hydrogen-bond acceptors (Lipinski definition) is 3. The number of benzene rings is 2. The summed E-state index contributed by atoms with van der Waals surface area (Å²) in [7, 11) is 1.64. The number of nitrogens with one attached hydrogen (secondary N) is 1. The highest BCUT2D eigenvalue weighted by Gasteiger charge is 2.08. The first kappa shape index (κ1) is 17.8. The summed E-state index contributed by atoms with van der Waals surface area (Å²) in [6.45, 7) is 0.848. The van der Waals surface area contributed by atoms with Crippen LogP contribution in [0.3, 0.4) is 0 Å². The van der Waals surface area contributed by atoms with Crippen LogP contribution in [0.4, 0.5) is 0 Å². The van der Waals surface area contributed by atoms with Crippen LogP contribution in [0.15, 0.2) is 46.9 Å². The maximum absolute atomic E-state index is 11.9. The van der Waals surface area contributed by atoms with E-state index in [1.165, 1.54) is 0 Å². The summed E-state index contributed by atoms with van der Waals surface area (Å²) in [5.41, 5.74) is 2.07. The molecular formula is C17H17BrClNO3. The fourth-order valence-corrected chi connectivity index (χ4v) is 2.73. The zero-order valence-corrected chi connectivity index (χ0v) is 15.0. The Bertz CT molecular complexity index is 679. The Morgan fingerprint density at radius 1 is 1.22 bits per heavy atom. The number of ether oxygens (including phenoxy) is 2. The highest BCUT2D eigenvalue weighted by atomic mass is 79.9. The lowest BCUT2D eigenvalue weighted by molar-refractivity contribution is -0.123. The molecule has 0 saturated carbocycles. The first-order valence-corrected chi connectivity index (χ1v) is 8.17. The Labute approximate surface area is 148 Å². The lowest BCUT2D eigenvalue weighted by atomic mass is 10.1. The first-order chi connectivity index (χ1) is 11.1. The molecule has 0 bridgehead atoms. The second-order valence-corrected chi connectivity index (χ2v) is 6.16. The molecule has 0 fully saturated rings. The van der Waals surface area contributed by atoms with Crippen molar-refractivity contribution in [3.8, 4) is 5.75 Å². The fourth-order valence-electron chi connectivity index (χ4n) is 2.01. The smallest absolute Gasteiger partial charge is 0.258 e. The Balaban J connectivity index is 1.86. The van der Waals surface area contributed by atoms with E-state index in [2.05, 4.69) is 21.2 Å². The topological polar surface area (TPSA) is 47.6 Å². The molecule has 0 heterocycles. The number of methoxy groups -OCH3 is 1. The minimum absolute atomic E-state index is 0.0895. The van der Waals surface area contributed by atoms with E-state index in [-0.39, 0.29) is 12.5 Å². The molecule has 2 aromatic carbocycles. The lowest BCUT2D eigenvalue weighted by Crippen LogP contribution is -2.28. The van der Waals surface area contributed by atoms with Crippen LogP contribution in [0.5, 0.6) is 5.75 Å². The van der Waals surface area contributed by atoms with Crippen molar-refractivity contribution in [1.82, 2.24) is 5.32 Å². The minimum Gasteiger partial charge on any atom is -0.482 e. The molecule has 0 aromatic heterocycles. The molecule has 122 valence electrons. The summed E-state index contributed by atoms with van der Waals surface area (Å²) in [4.78, 5) is 11.9. The molecule has 1 amide bonds. The molecule has 0 aliphatic rings. The van der Waals surface area contributed by atoms with Crippen molar-refractivity contribution in [2.45, 2.75) is 13.2 Å². The number of amides is 1. The van der Waals surface area contributed by atoms with E-state index in [0.29, 0.717) is 23.9 Å². The Kier molecular flexibility index (Phi) is 6.89. The van der Waals surface area contributed by atoms with Gasteiger partial charge in [0.2, 0.25) is 0 Å². The van der Waals surface area contributed by atoms with Crippen molar-refractivity contribution in [2.75, 3.05) is 13.7 Å². The van der Waals surface area contributed by atoms with E-state index < -0.39 is 0 Å². The predicted molar refractivity (Wildman–Crippen MR) is 93.6 cm³/mol. The molecular weight excluding hydrogens is 382 g/mol. The number of halogens is 2. The van der Waals surface area contributed by atoms with Gasteiger partial charge in [0.15, 0.2) is 6.61 Å². The number of carbonyl (C=O) groups is 1. The largest absolute Gasteiger partial charge is 0.482 e. The Morgan fingerprint density at radius 3 is 2.65 bits per heavy atom. The second kappa shape index (κ2) is 8.91. The van der Waals surface area contributed by atoms with E-state index >= 15 is 0 Å². The van der Waals surface area contributed by atoms with Crippen LogP contribution in [-0.4, -0.2) is 19.6 Å². The van der Waals surface area contributed by atoms with Crippen LogP contribution >= 0.6 is 27.5 Å². The van der Waals surface area contributed by atoms with E-state index in [4.69, 9.17) is 21.1 Å². The molecule has 0 aliphatic carbocycles. The third kappa shape index (κ3) is 5.53. The molecule has 6 heteroatoms. The van der Waals surface area contributed by atoms with Crippen molar-refractivity contribution in [2.24, 2.45) is 0 Å². The first-order valence-electron chi connectivity index (χ1n) is 7.00. The Hall–Kier alpha value is -1.56. The van der Waals surface area contributed by atoms with Crippen LogP contribution in [0, 0.1) is 0 Å². The summed E-state index contributed by atoms with van der Waals surface area (Å²) in [6.07, 6.45) is 0. The molecule has 2 aromatic rings. The van der Waals surface area contributed by atoms with Gasteiger partial charge in [0.05, 0.1) is 11.6 Å². The summed E-state index contributed by atoms with van der Waals surface area (Å²) in [6, 6.07) is 13.0. The van der Waals surface area contributed by atoms with Gasteiger partial charge in [0.25, 0.3) is 5.91 Å². The van der Waals surface area contributed by atoms with Gasteiger partial charge >= 0.3 is 0 Å².